The number of aryl methyl sites for hydroxylation is 4. The number of benzene rings is 2. The van der Waals surface area contributed by atoms with Crippen LogP contribution in [0.2, 0.25) is 0 Å². The molecule has 1 N–H and O–H groups in total. The van der Waals surface area contributed by atoms with E-state index in [4.69, 9.17) is 0 Å². The van der Waals surface area contributed by atoms with Crippen molar-refractivity contribution in [2.24, 2.45) is 0 Å². The van der Waals surface area contributed by atoms with Gasteiger partial charge in [0.2, 0.25) is 0 Å². The van der Waals surface area contributed by atoms with Gasteiger partial charge in [0.25, 0.3) is 0 Å². The van der Waals surface area contributed by atoms with E-state index in [9.17, 15) is 0 Å². The summed E-state index contributed by atoms with van der Waals surface area (Å²) in [5.41, 5.74) is 5.69. The highest BCUT2D eigenvalue weighted by Gasteiger charge is 2.04. The first-order valence-corrected chi connectivity index (χ1v) is 10.8. The van der Waals surface area contributed by atoms with Gasteiger partial charge in [0.1, 0.15) is 0 Å². The fourth-order valence-corrected chi connectivity index (χ4v) is 4.26. The van der Waals surface area contributed by atoms with Gasteiger partial charge in [0.05, 0.1) is 0 Å². The Kier molecular flexibility index (Phi) is 6.70. The molecule has 0 spiro atoms. The third-order valence-electron chi connectivity index (χ3n) is 4.53. The minimum absolute atomic E-state index is 0.953. The average molecular weight is 342 g/mol. The van der Waals surface area contributed by atoms with Crippen molar-refractivity contribution in [3.63, 3.8) is 0 Å². The normalized spacial score (nSPS) is 11.6. The van der Waals surface area contributed by atoms with Crippen LogP contribution < -0.4 is 4.72 Å². The first kappa shape index (κ1) is 18.8. The van der Waals surface area contributed by atoms with Crippen molar-refractivity contribution in [2.45, 2.75) is 51.3 Å². The molecule has 2 rings (SSSR count). The van der Waals surface area contributed by atoms with E-state index in [-0.39, 0.29) is 0 Å². The fraction of sp³-hybridized carbons (Fsp3) is 0.364. The maximum Gasteiger partial charge on any atom is 0.00865 e. The molecule has 0 aliphatic heterocycles. The van der Waals surface area contributed by atoms with Gasteiger partial charge >= 0.3 is 0 Å². The van der Waals surface area contributed by atoms with Crippen LogP contribution in [0.3, 0.4) is 0 Å². The lowest BCUT2D eigenvalue weighted by molar-refractivity contribution is 0.788. The maximum absolute atomic E-state index is 4.33. The summed E-state index contributed by atoms with van der Waals surface area (Å²) in [6.45, 7) is 7.52. The molecule has 0 radical (unpaired) electrons. The van der Waals surface area contributed by atoms with E-state index in [1.54, 1.807) is 0 Å². The molecule has 0 unspecified atom stereocenters. The zero-order chi connectivity index (χ0) is 17.6. The maximum atomic E-state index is 4.33. The van der Waals surface area contributed by atoms with Gasteiger partial charge in [-0.3, -0.25) is 4.72 Å². The zero-order valence-corrected chi connectivity index (χ0v) is 16.2. The molecule has 1 nitrogen and oxygen atoms in total. The molecule has 0 saturated carbocycles. The van der Waals surface area contributed by atoms with Crippen LogP contribution in [-0.2, 0) is 19.3 Å². The second-order valence-electron chi connectivity index (χ2n) is 6.50. The van der Waals surface area contributed by atoms with Gasteiger partial charge in [0.15, 0.2) is 0 Å². The van der Waals surface area contributed by atoms with Crippen molar-refractivity contribution >= 4 is 21.1 Å². The second-order valence-corrected chi connectivity index (χ2v) is 9.03. The summed E-state index contributed by atoms with van der Waals surface area (Å²) in [6, 6.07) is 15.5. The Morgan fingerprint density at radius 3 is 2.25 bits per heavy atom. The number of hydrogen-bond acceptors (Lipinski definition) is 1. The van der Waals surface area contributed by atoms with E-state index in [1.807, 2.05) is 0 Å². The molecule has 24 heavy (non-hydrogen) atoms. The highest BCUT2D eigenvalue weighted by molar-refractivity contribution is 8.26. The van der Waals surface area contributed by atoms with Crippen LogP contribution in [0.25, 0.3) is 0 Å². The van der Waals surface area contributed by atoms with Gasteiger partial charge in [-0.2, -0.15) is 0 Å². The van der Waals surface area contributed by atoms with E-state index in [2.05, 4.69) is 79.7 Å². The molecular formula is C22H31NS. The second kappa shape index (κ2) is 8.55. The molecule has 0 heterocycles. The van der Waals surface area contributed by atoms with Crippen molar-refractivity contribution in [3.8, 4) is 0 Å². The lowest BCUT2D eigenvalue weighted by atomic mass is 9.97. The van der Waals surface area contributed by atoms with E-state index < -0.39 is 9.39 Å². The number of hydrogen-bond donors (Lipinski definition) is 1. The predicted molar refractivity (Wildman–Crippen MR) is 113 cm³/mol. The molecule has 0 aromatic heterocycles. The van der Waals surface area contributed by atoms with E-state index in [1.165, 1.54) is 27.1 Å². The molecular weight excluding hydrogens is 310 g/mol. The minimum Gasteiger partial charge on any atom is -0.272 e. The van der Waals surface area contributed by atoms with Crippen LogP contribution >= 0.6 is 9.39 Å². The van der Waals surface area contributed by atoms with Crippen LogP contribution in [0.5, 0.6) is 0 Å². The van der Waals surface area contributed by atoms with Gasteiger partial charge in [-0.05, 0) is 61.4 Å². The Morgan fingerprint density at radius 1 is 0.917 bits per heavy atom. The lowest BCUT2D eigenvalue weighted by Crippen LogP contribution is -2.12. The quantitative estimate of drug-likeness (QED) is 0.508. The van der Waals surface area contributed by atoms with Crippen molar-refractivity contribution in [3.05, 3.63) is 64.7 Å². The van der Waals surface area contributed by atoms with Crippen LogP contribution in [0, 0.1) is 6.92 Å². The Morgan fingerprint density at radius 2 is 1.62 bits per heavy atom. The standard InChI is InChI=1S/C22H31NS/c1-6-19-12-13-21(20(7-2)17-19)9-8-16-23-24(4,5)22-14-10-18(3)11-15-22/h10-15,17,23H,4-9,16H2,1-3H3. The predicted octanol–water partition coefficient (Wildman–Crippen LogP) is 5.28. The number of rotatable bonds is 8. The average Bonchev–Trinajstić information content (AvgIpc) is 2.59. The van der Waals surface area contributed by atoms with Crippen LogP contribution in [0.1, 0.15) is 42.5 Å². The molecule has 130 valence electrons. The summed E-state index contributed by atoms with van der Waals surface area (Å²) in [6.07, 6.45) is 4.45. The summed E-state index contributed by atoms with van der Waals surface area (Å²) in [5.74, 6) is 8.66. The summed E-state index contributed by atoms with van der Waals surface area (Å²) in [7, 11) is -1.41. The Labute approximate surface area is 148 Å². The van der Waals surface area contributed by atoms with Crippen LogP contribution in [-0.4, -0.2) is 18.3 Å². The van der Waals surface area contributed by atoms with Gasteiger partial charge in [0, 0.05) is 11.4 Å². The lowest BCUT2D eigenvalue weighted by Gasteiger charge is -2.17. The van der Waals surface area contributed by atoms with E-state index in [0.29, 0.717) is 0 Å². The molecule has 0 aliphatic rings. The van der Waals surface area contributed by atoms with Crippen molar-refractivity contribution in [2.75, 3.05) is 6.54 Å². The van der Waals surface area contributed by atoms with Crippen molar-refractivity contribution < 1.29 is 0 Å². The molecule has 0 atom stereocenters. The number of nitrogens with one attached hydrogen (secondary N) is 1. The summed E-state index contributed by atoms with van der Waals surface area (Å²) in [4.78, 5) is 1.22. The first-order valence-electron chi connectivity index (χ1n) is 8.87. The minimum atomic E-state index is -1.41. The highest BCUT2D eigenvalue weighted by Crippen LogP contribution is 2.27. The third-order valence-corrected chi connectivity index (χ3v) is 6.46. The van der Waals surface area contributed by atoms with E-state index in [0.717, 1.165) is 32.2 Å². The SMILES string of the molecule is C=S(=C)(NCCCc1ccc(CC)cc1CC)c1ccc(C)cc1. The van der Waals surface area contributed by atoms with Crippen LogP contribution in [0.4, 0.5) is 0 Å². The molecule has 2 aromatic carbocycles. The summed E-state index contributed by atoms with van der Waals surface area (Å²) in [5, 5.41) is 0. The Balaban J connectivity index is 1.92. The molecule has 0 amide bonds. The van der Waals surface area contributed by atoms with Gasteiger partial charge in [-0.15, -0.1) is 9.39 Å². The van der Waals surface area contributed by atoms with E-state index >= 15 is 0 Å². The molecule has 2 heteroatoms. The first-order chi connectivity index (χ1) is 11.5. The molecule has 0 saturated heterocycles. The van der Waals surface area contributed by atoms with Crippen molar-refractivity contribution in [1.82, 2.24) is 4.72 Å². The third kappa shape index (κ3) is 4.99. The highest BCUT2D eigenvalue weighted by atomic mass is 32.2. The van der Waals surface area contributed by atoms with Gasteiger partial charge in [-0.1, -0.05) is 61.5 Å². The van der Waals surface area contributed by atoms with Crippen LogP contribution in [0.15, 0.2) is 47.4 Å². The molecule has 0 fully saturated rings. The molecule has 0 aliphatic carbocycles. The summed E-state index contributed by atoms with van der Waals surface area (Å²) >= 11 is 0. The summed E-state index contributed by atoms with van der Waals surface area (Å²) < 4.78 is 3.59. The monoisotopic (exact) mass is 341 g/mol. The zero-order valence-electron chi connectivity index (χ0n) is 15.4. The molecule has 2 aromatic rings. The smallest absolute Gasteiger partial charge is 0.00865 e. The largest absolute Gasteiger partial charge is 0.272 e. The Bertz CT molecular complexity index is 755. The van der Waals surface area contributed by atoms with Gasteiger partial charge < -0.3 is 0 Å². The molecule has 0 bridgehead atoms. The van der Waals surface area contributed by atoms with Gasteiger partial charge in [-0.25, -0.2) is 0 Å². The fourth-order valence-electron chi connectivity index (χ4n) is 2.90. The van der Waals surface area contributed by atoms with Crippen molar-refractivity contribution in [1.29, 1.82) is 0 Å². The topological polar surface area (TPSA) is 12.0 Å². The Hall–Kier alpha value is -1.51.